The van der Waals surface area contributed by atoms with Gasteiger partial charge in [0.2, 0.25) is 0 Å². The molecular weight excluding hydrogens is 387 g/mol. The van der Waals surface area contributed by atoms with Gasteiger partial charge in [0, 0.05) is 31.4 Å². The van der Waals surface area contributed by atoms with Gasteiger partial charge < -0.3 is 9.64 Å². The van der Waals surface area contributed by atoms with Crippen LogP contribution in [0.25, 0.3) is 22.4 Å². The molecule has 1 aromatic carbocycles. The third-order valence-electron chi connectivity index (χ3n) is 4.10. The number of pyridine rings is 1. The minimum Gasteiger partial charge on any atom is -0.461 e. The lowest BCUT2D eigenvalue weighted by Crippen LogP contribution is -2.14. The van der Waals surface area contributed by atoms with Crippen molar-refractivity contribution < 1.29 is 22.7 Å². The molecular formula is C19H18F3N5O2. The Morgan fingerprint density at radius 1 is 1.14 bits per heavy atom. The monoisotopic (exact) mass is 405 g/mol. The molecule has 0 aliphatic carbocycles. The first-order chi connectivity index (χ1) is 13.7. The molecule has 2 heterocycles. The van der Waals surface area contributed by atoms with Crippen molar-refractivity contribution in [3.63, 3.8) is 0 Å². The topological polar surface area (TPSA) is 84.0 Å². The number of nitrogens with zero attached hydrogens (tertiary/aromatic N) is 4. The lowest BCUT2D eigenvalue weighted by atomic mass is 10.0. The van der Waals surface area contributed by atoms with Crippen molar-refractivity contribution in [3.05, 3.63) is 47.8 Å². The number of esters is 1. The average molecular weight is 405 g/mol. The predicted octanol–water partition coefficient (Wildman–Crippen LogP) is 3.80. The third-order valence-corrected chi connectivity index (χ3v) is 4.10. The van der Waals surface area contributed by atoms with Crippen molar-refractivity contribution in [2.45, 2.75) is 13.1 Å². The number of aromatic amines is 1. The Labute approximate surface area is 164 Å². The molecule has 2 aromatic heterocycles. The number of hydrogen-bond donors (Lipinski definition) is 1. The quantitative estimate of drug-likeness (QED) is 0.650. The van der Waals surface area contributed by atoms with Crippen LogP contribution >= 0.6 is 0 Å². The lowest BCUT2D eigenvalue weighted by molar-refractivity contribution is -0.137. The van der Waals surface area contributed by atoms with E-state index in [1.807, 2.05) is 0 Å². The van der Waals surface area contributed by atoms with Crippen LogP contribution in [0, 0.1) is 0 Å². The molecule has 0 fully saturated rings. The van der Waals surface area contributed by atoms with Gasteiger partial charge in [0.1, 0.15) is 11.5 Å². The Hall–Kier alpha value is -3.43. The van der Waals surface area contributed by atoms with E-state index in [0.717, 1.165) is 12.3 Å². The van der Waals surface area contributed by atoms with Gasteiger partial charge >= 0.3 is 12.1 Å². The summed E-state index contributed by atoms with van der Waals surface area (Å²) >= 11 is 0. The summed E-state index contributed by atoms with van der Waals surface area (Å²) < 4.78 is 44.3. The molecule has 0 saturated carbocycles. The highest BCUT2D eigenvalue weighted by Crippen LogP contribution is 2.36. The molecule has 0 radical (unpaired) electrons. The van der Waals surface area contributed by atoms with Crippen LogP contribution in [0.5, 0.6) is 0 Å². The Morgan fingerprint density at radius 2 is 1.79 bits per heavy atom. The molecule has 0 atom stereocenters. The summed E-state index contributed by atoms with van der Waals surface area (Å²) in [4.78, 5) is 17.6. The van der Waals surface area contributed by atoms with E-state index in [9.17, 15) is 18.0 Å². The number of anilines is 1. The summed E-state index contributed by atoms with van der Waals surface area (Å²) in [5.41, 5.74) is 0.943. The average Bonchev–Trinajstić information content (AvgIpc) is 3.17. The number of ether oxygens (including phenoxy) is 1. The molecule has 3 aromatic rings. The van der Waals surface area contributed by atoms with Gasteiger partial charge in [0.25, 0.3) is 0 Å². The number of halogens is 3. The molecule has 29 heavy (non-hydrogen) atoms. The highest BCUT2D eigenvalue weighted by atomic mass is 19.4. The van der Waals surface area contributed by atoms with Gasteiger partial charge in [-0.25, -0.2) is 9.78 Å². The zero-order valence-corrected chi connectivity index (χ0v) is 15.9. The van der Waals surface area contributed by atoms with Gasteiger partial charge in [-0.1, -0.05) is 24.3 Å². The second-order valence-electron chi connectivity index (χ2n) is 6.31. The fourth-order valence-corrected chi connectivity index (χ4v) is 2.76. The van der Waals surface area contributed by atoms with Gasteiger partial charge in [-0.3, -0.25) is 0 Å². The van der Waals surface area contributed by atoms with Gasteiger partial charge in [0.15, 0.2) is 5.69 Å². The molecule has 0 unspecified atom stereocenters. The summed E-state index contributed by atoms with van der Waals surface area (Å²) in [6.45, 7) is 1.87. The second-order valence-corrected chi connectivity index (χ2v) is 6.31. The highest BCUT2D eigenvalue weighted by molar-refractivity contribution is 5.94. The molecule has 3 rings (SSSR count). The summed E-state index contributed by atoms with van der Waals surface area (Å²) in [7, 11) is 3.41. The van der Waals surface area contributed by atoms with Crippen molar-refractivity contribution >= 4 is 11.8 Å². The molecule has 0 aliphatic rings. The van der Waals surface area contributed by atoms with Gasteiger partial charge in [-0.15, -0.1) is 5.10 Å². The minimum absolute atomic E-state index is 0.0364. The number of H-pyrrole nitrogens is 1. The Balaban J connectivity index is 2.02. The smallest absolute Gasteiger partial charge is 0.417 e. The second kappa shape index (κ2) is 7.90. The third kappa shape index (κ3) is 4.20. The lowest BCUT2D eigenvalue weighted by Gasteiger charge is -2.18. The minimum atomic E-state index is -4.50. The maximum atomic E-state index is 13.1. The molecule has 0 spiro atoms. The van der Waals surface area contributed by atoms with E-state index >= 15 is 0 Å². The van der Waals surface area contributed by atoms with Crippen molar-refractivity contribution in [1.82, 2.24) is 20.4 Å². The van der Waals surface area contributed by atoms with Crippen LogP contribution in [0.2, 0.25) is 0 Å². The number of nitrogens with one attached hydrogen (secondary N) is 1. The van der Waals surface area contributed by atoms with E-state index in [4.69, 9.17) is 4.74 Å². The van der Waals surface area contributed by atoms with Crippen LogP contribution in [0.1, 0.15) is 23.0 Å². The predicted molar refractivity (Wildman–Crippen MR) is 100 cm³/mol. The van der Waals surface area contributed by atoms with E-state index in [0.29, 0.717) is 28.2 Å². The van der Waals surface area contributed by atoms with Crippen LogP contribution < -0.4 is 4.90 Å². The summed E-state index contributed by atoms with van der Waals surface area (Å²) in [5.74, 6) is -0.211. The maximum Gasteiger partial charge on any atom is 0.417 e. The number of hydrogen-bond acceptors (Lipinski definition) is 6. The Morgan fingerprint density at radius 3 is 2.38 bits per heavy atom. The first-order valence-corrected chi connectivity index (χ1v) is 8.65. The van der Waals surface area contributed by atoms with Crippen LogP contribution in [0.3, 0.4) is 0 Å². The van der Waals surface area contributed by atoms with Crippen LogP contribution in [0.15, 0.2) is 36.5 Å². The number of alkyl halides is 3. The van der Waals surface area contributed by atoms with Gasteiger partial charge in [-0.2, -0.15) is 23.5 Å². The molecule has 7 nitrogen and oxygen atoms in total. The Kier molecular flexibility index (Phi) is 5.53. The zero-order valence-electron chi connectivity index (χ0n) is 15.9. The van der Waals surface area contributed by atoms with E-state index in [2.05, 4.69) is 20.4 Å². The fourth-order valence-electron chi connectivity index (χ4n) is 2.76. The molecule has 0 amide bonds. The zero-order chi connectivity index (χ0) is 21.2. The SMILES string of the molecule is CCOC(=O)c1n[nH]nc1-c1ccc(-c2cc(C(F)(F)F)cnc2N(C)C)cc1. The molecule has 1 N–H and O–H groups in total. The van der Waals surface area contributed by atoms with E-state index in [-0.39, 0.29) is 12.3 Å². The molecule has 0 saturated heterocycles. The van der Waals surface area contributed by atoms with Crippen molar-refractivity contribution in [2.24, 2.45) is 0 Å². The van der Waals surface area contributed by atoms with Gasteiger partial charge in [0.05, 0.1) is 12.2 Å². The summed E-state index contributed by atoms with van der Waals surface area (Å²) in [6, 6.07) is 7.65. The normalized spacial score (nSPS) is 11.4. The maximum absolute atomic E-state index is 13.1. The number of benzene rings is 1. The van der Waals surface area contributed by atoms with Crippen molar-refractivity contribution in [2.75, 3.05) is 25.6 Å². The molecule has 152 valence electrons. The summed E-state index contributed by atoms with van der Waals surface area (Å²) in [5, 5.41) is 10.2. The largest absolute Gasteiger partial charge is 0.461 e. The highest BCUT2D eigenvalue weighted by Gasteiger charge is 2.32. The van der Waals surface area contributed by atoms with E-state index < -0.39 is 17.7 Å². The van der Waals surface area contributed by atoms with E-state index in [1.54, 1.807) is 50.2 Å². The first kappa shape index (κ1) is 20.3. The number of carbonyl (C=O) groups excluding carboxylic acids is 1. The Bertz CT molecular complexity index is 1010. The molecule has 0 bridgehead atoms. The number of rotatable bonds is 5. The fraction of sp³-hybridized carbons (Fsp3) is 0.263. The molecule has 10 heteroatoms. The molecule has 0 aliphatic heterocycles. The first-order valence-electron chi connectivity index (χ1n) is 8.65. The van der Waals surface area contributed by atoms with Crippen molar-refractivity contribution in [3.8, 4) is 22.4 Å². The van der Waals surface area contributed by atoms with Crippen molar-refractivity contribution in [1.29, 1.82) is 0 Å². The van der Waals surface area contributed by atoms with Crippen LogP contribution in [-0.4, -0.2) is 47.1 Å². The summed E-state index contributed by atoms with van der Waals surface area (Å²) in [6.07, 6.45) is -3.68. The van der Waals surface area contributed by atoms with E-state index in [1.165, 1.54) is 0 Å². The number of aromatic nitrogens is 4. The number of carbonyl (C=O) groups is 1. The van der Waals surface area contributed by atoms with Crippen LogP contribution in [0.4, 0.5) is 19.0 Å². The standard InChI is InChI=1S/C19H18F3N5O2/c1-4-29-18(28)16-15(24-26-25-16)12-7-5-11(6-8-12)14-9-13(19(20,21)22)10-23-17(14)27(2)3/h5-10H,4H2,1-3H3,(H,24,25,26). The van der Waals surface area contributed by atoms with Crippen LogP contribution in [-0.2, 0) is 10.9 Å². The van der Waals surface area contributed by atoms with Gasteiger partial charge in [-0.05, 0) is 18.6 Å².